The van der Waals surface area contributed by atoms with Crippen LogP contribution in [0.4, 0.5) is 11.4 Å². The molecule has 1 aromatic heterocycles. The summed E-state index contributed by atoms with van der Waals surface area (Å²) in [7, 11) is 1.65. The number of ether oxygens (including phenoxy) is 1. The SMILES string of the molecule is CN1C(=O)COc2ccc(NC(=O)c3cc(Cl)c(Cl)[nH]3)cc21. The molecule has 0 fully saturated rings. The third-order valence-electron chi connectivity index (χ3n) is 3.27. The lowest BCUT2D eigenvalue weighted by Gasteiger charge is -2.26. The normalized spacial score (nSPS) is 13.6. The maximum atomic E-state index is 12.1. The monoisotopic (exact) mass is 339 g/mol. The first-order valence-corrected chi connectivity index (χ1v) is 7.10. The van der Waals surface area contributed by atoms with Crippen LogP contribution in [0.25, 0.3) is 0 Å². The molecule has 114 valence electrons. The summed E-state index contributed by atoms with van der Waals surface area (Å²) in [4.78, 5) is 27.9. The van der Waals surface area contributed by atoms with Gasteiger partial charge in [0.05, 0.1) is 10.7 Å². The molecule has 0 aliphatic carbocycles. The molecule has 2 amide bonds. The summed E-state index contributed by atoms with van der Waals surface area (Å²) in [5.74, 6) is 0.0458. The Morgan fingerprint density at radius 1 is 1.36 bits per heavy atom. The Labute approximate surface area is 136 Å². The molecule has 2 N–H and O–H groups in total. The van der Waals surface area contributed by atoms with Crippen molar-refractivity contribution in [1.29, 1.82) is 0 Å². The summed E-state index contributed by atoms with van der Waals surface area (Å²) in [5, 5.41) is 3.18. The van der Waals surface area contributed by atoms with Gasteiger partial charge in [0.1, 0.15) is 16.6 Å². The van der Waals surface area contributed by atoms with Crippen LogP contribution in [0.15, 0.2) is 24.3 Å². The summed E-state index contributed by atoms with van der Waals surface area (Å²) >= 11 is 11.6. The zero-order chi connectivity index (χ0) is 15.9. The highest BCUT2D eigenvalue weighted by Crippen LogP contribution is 2.33. The van der Waals surface area contributed by atoms with Crippen molar-refractivity contribution >= 4 is 46.4 Å². The molecule has 1 aliphatic heterocycles. The number of anilines is 2. The minimum absolute atomic E-state index is 0.00861. The van der Waals surface area contributed by atoms with Gasteiger partial charge in [-0.05, 0) is 24.3 Å². The summed E-state index contributed by atoms with van der Waals surface area (Å²) in [6, 6.07) is 6.49. The molecule has 2 aromatic rings. The number of aromatic nitrogens is 1. The van der Waals surface area contributed by atoms with E-state index in [-0.39, 0.29) is 34.3 Å². The van der Waals surface area contributed by atoms with Crippen molar-refractivity contribution in [2.75, 3.05) is 23.9 Å². The van der Waals surface area contributed by atoms with Gasteiger partial charge in [-0.2, -0.15) is 0 Å². The molecule has 0 atom stereocenters. The van der Waals surface area contributed by atoms with E-state index in [4.69, 9.17) is 27.9 Å². The first kappa shape index (κ1) is 14.7. The van der Waals surface area contributed by atoms with Crippen molar-refractivity contribution in [3.8, 4) is 5.75 Å². The largest absolute Gasteiger partial charge is 0.482 e. The summed E-state index contributed by atoms with van der Waals surface area (Å²) in [6.07, 6.45) is 0. The molecule has 0 radical (unpaired) electrons. The topological polar surface area (TPSA) is 74.4 Å². The zero-order valence-electron chi connectivity index (χ0n) is 11.4. The Hall–Kier alpha value is -2.18. The molecule has 0 saturated heterocycles. The molecule has 6 nitrogen and oxygen atoms in total. The molecule has 0 unspecified atom stereocenters. The van der Waals surface area contributed by atoms with E-state index in [0.29, 0.717) is 17.1 Å². The van der Waals surface area contributed by atoms with Crippen LogP contribution in [-0.4, -0.2) is 30.5 Å². The van der Waals surface area contributed by atoms with E-state index in [1.165, 1.54) is 11.0 Å². The number of carbonyl (C=O) groups is 2. The Morgan fingerprint density at radius 2 is 2.14 bits per heavy atom. The Balaban J connectivity index is 1.84. The molecule has 0 spiro atoms. The second kappa shape index (κ2) is 5.55. The average Bonchev–Trinajstić information content (AvgIpc) is 2.83. The predicted molar refractivity (Wildman–Crippen MR) is 84.1 cm³/mol. The first-order chi connectivity index (χ1) is 10.5. The molecule has 0 bridgehead atoms. The molecule has 0 saturated carbocycles. The smallest absolute Gasteiger partial charge is 0.272 e. The molecule has 2 heterocycles. The van der Waals surface area contributed by atoms with Gasteiger partial charge in [-0.1, -0.05) is 23.2 Å². The predicted octanol–water partition coefficient (Wildman–Crippen LogP) is 2.93. The van der Waals surface area contributed by atoms with Gasteiger partial charge >= 0.3 is 0 Å². The number of nitrogens with zero attached hydrogens (tertiary/aromatic N) is 1. The van der Waals surface area contributed by atoms with Gasteiger partial charge in [-0.3, -0.25) is 9.59 Å². The highest BCUT2D eigenvalue weighted by molar-refractivity contribution is 6.41. The highest BCUT2D eigenvalue weighted by atomic mass is 35.5. The summed E-state index contributed by atoms with van der Waals surface area (Å²) in [6.45, 7) is 0.00861. The number of halogens is 2. The molecule has 1 aromatic carbocycles. The molecule has 22 heavy (non-hydrogen) atoms. The number of aromatic amines is 1. The lowest BCUT2D eigenvalue weighted by molar-refractivity contribution is -0.120. The number of benzene rings is 1. The number of H-pyrrole nitrogens is 1. The highest BCUT2D eigenvalue weighted by Gasteiger charge is 2.22. The Kier molecular flexibility index (Phi) is 3.72. The maximum absolute atomic E-state index is 12.1. The summed E-state index contributed by atoms with van der Waals surface area (Å²) in [5.41, 5.74) is 1.36. The lowest BCUT2D eigenvalue weighted by Crippen LogP contribution is -2.35. The fourth-order valence-corrected chi connectivity index (χ4v) is 2.39. The van der Waals surface area contributed by atoms with Gasteiger partial charge in [0.2, 0.25) is 0 Å². The van der Waals surface area contributed by atoms with Gasteiger partial charge in [-0.25, -0.2) is 0 Å². The van der Waals surface area contributed by atoms with Gasteiger partial charge < -0.3 is 19.9 Å². The molecule has 1 aliphatic rings. The van der Waals surface area contributed by atoms with E-state index in [2.05, 4.69) is 10.3 Å². The maximum Gasteiger partial charge on any atom is 0.272 e. The van der Waals surface area contributed by atoms with Crippen LogP contribution < -0.4 is 15.0 Å². The van der Waals surface area contributed by atoms with Crippen LogP contribution in [-0.2, 0) is 4.79 Å². The van der Waals surface area contributed by atoms with Crippen molar-refractivity contribution in [2.24, 2.45) is 0 Å². The number of hydrogen-bond acceptors (Lipinski definition) is 3. The standard InChI is InChI=1S/C14H11Cl2N3O3/c1-19-10-4-7(2-3-11(10)22-6-12(19)20)17-14(21)9-5-8(15)13(16)18-9/h2-5,18H,6H2,1H3,(H,17,21). The van der Waals surface area contributed by atoms with E-state index in [1.54, 1.807) is 25.2 Å². The fourth-order valence-electron chi connectivity index (χ4n) is 2.07. The van der Waals surface area contributed by atoms with E-state index in [1.807, 2.05) is 0 Å². The van der Waals surface area contributed by atoms with Crippen LogP contribution >= 0.6 is 23.2 Å². The van der Waals surface area contributed by atoms with Gasteiger partial charge in [-0.15, -0.1) is 0 Å². The van der Waals surface area contributed by atoms with Crippen LogP contribution in [0.2, 0.25) is 10.2 Å². The minimum atomic E-state index is -0.389. The molecular formula is C14H11Cl2N3O3. The number of fused-ring (bicyclic) bond motifs is 1. The summed E-state index contributed by atoms with van der Waals surface area (Å²) < 4.78 is 5.32. The van der Waals surface area contributed by atoms with Crippen LogP contribution in [0.1, 0.15) is 10.5 Å². The second-order valence-corrected chi connectivity index (χ2v) is 5.51. The lowest BCUT2D eigenvalue weighted by atomic mass is 10.2. The molecular weight excluding hydrogens is 329 g/mol. The van der Waals surface area contributed by atoms with Crippen molar-refractivity contribution in [3.05, 3.63) is 40.1 Å². The minimum Gasteiger partial charge on any atom is -0.482 e. The first-order valence-electron chi connectivity index (χ1n) is 6.34. The number of likely N-dealkylation sites (N-methyl/N-ethyl adjacent to an activating group) is 1. The van der Waals surface area contributed by atoms with E-state index in [9.17, 15) is 9.59 Å². The van der Waals surface area contributed by atoms with E-state index in [0.717, 1.165) is 0 Å². The number of rotatable bonds is 2. The van der Waals surface area contributed by atoms with Crippen molar-refractivity contribution in [1.82, 2.24) is 4.98 Å². The van der Waals surface area contributed by atoms with E-state index < -0.39 is 0 Å². The van der Waals surface area contributed by atoms with Crippen LogP contribution in [0, 0.1) is 0 Å². The number of carbonyl (C=O) groups excluding carboxylic acids is 2. The number of hydrogen-bond donors (Lipinski definition) is 2. The number of amides is 2. The third-order valence-corrected chi connectivity index (χ3v) is 3.97. The van der Waals surface area contributed by atoms with Crippen LogP contribution in [0.5, 0.6) is 5.75 Å². The Bertz CT molecular complexity index is 753. The number of nitrogens with one attached hydrogen (secondary N) is 2. The van der Waals surface area contributed by atoms with Gasteiger partial charge in [0, 0.05) is 12.7 Å². The van der Waals surface area contributed by atoms with Crippen LogP contribution in [0.3, 0.4) is 0 Å². The quantitative estimate of drug-likeness (QED) is 0.883. The van der Waals surface area contributed by atoms with Crippen molar-refractivity contribution in [2.45, 2.75) is 0 Å². The fraction of sp³-hybridized carbons (Fsp3) is 0.143. The van der Waals surface area contributed by atoms with Crippen molar-refractivity contribution in [3.63, 3.8) is 0 Å². The van der Waals surface area contributed by atoms with Gasteiger partial charge in [0.15, 0.2) is 6.61 Å². The Morgan fingerprint density at radius 3 is 2.82 bits per heavy atom. The zero-order valence-corrected chi connectivity index (χ0v) is 13.0. The third kappa shape index (κ3) is 2.63. The molecule has 3 rings (SSSR count). The van der Waals surface area contributed by atoms with Gasteiger partial charge in [0.25, 0.3) is 11.8 Å². The second-order valence-electron chi connectivity index (χ2n) is 4.72. The van der Waals surface area contributed by atoms with E-state index >= 15 is 0 Å². The van der Waals surface area contributed by atoms with Crippen molar-refractivity contribution < 1.29 is 14.3 Å². The average molecular weight is 340 g/mol. The molecule has 8 heteroatoms.